The Morgan fingerprint density at radius 2 is 1.48 bits per heavy atom. The molecule has 0 amide bonds. The lowest BCUT2D eigenvalue weighted by Crippen LogP contribution is -2.27. The molecule has 1 aliphatic carbocycles. The zero-order chi connectivity index (χ0) is 23.4. The third-order valence-corrected chi connectivity index (χ3v) is 7.60. The van der Waals surface area contributed by atoms with Crippen LogP contribution in [-0.4, -0.2) is 51.5 Å². The fourth-order valence-corrected chi connectivity index (χ4v) is 5.50. The number of benzene rings is 3. The van der Waals surface area contributed by atoms with Crippen LogP contribution < -0.4 is 4.72 Å². The van der Waals surface area contributed by atoms with Crippen LogP contribution in [0.25, 0.3) is 0 Å². The summed E-state index contributed by atoms with van der Waals surface area (Å²) in [7, 11) is -3.70. The fourth-order valence-electron chi connectivity index (χ4n) is 3.51. The van der Waals surface area contributed by atoms with Crippen LogP contribution in [0, 0.1) is 0 Å². The number of fused-ring (bicyclic) bond motifs is 2. The minimum Gasteiger partial charge on any atom is -0.394 e. The second-order valence-electron chi connectivity index (χ2n) is 7.19. The quantitative estimate of drug-likeness (QED) is 0.352. The molecule has 0 heterocycles. The highest BCUT2D eigenvalue weighted by molar-refractivity contribution is 7.99. The molecule has 9 heteroatoms. The lowest BCUT2D eigenvalue weighted by atomic mass is 9.84. The van der Waals surface area contributed by atoms with Crippen molar-refractivity contribution in [2.75, 3.05) is 26.4 Å². The molecule has 0 spiro atoms. The Bertz CT molecular complexity index is 1300. The Kier molecular flexibility index (Phi) is 7.06. The van der Waals surface area contributed by atoms with Crippen LogP contribution in [0.5, 0.6) is 0 Å². The maximum Gasteiger partial charge on any atom is 0.240 e. The molecule has 3 aromatic carbocycles. The van der Waals surface area contributed by atoms with Crippen LogP contribution in [0.3, 0.4) is 0 Å². The monoisotopic (exact) mass is 483 g/mol. The molecular formula is C24H21NO6S2. The molecule has 0 aliphatic heterocycles. The van der Waals surface area contributed by atoms with Crippen molar-refractivity contribution in [2.45, 2.75) is 14.7 Å². The Hall–Kier alpha value is -2.82. The molecule has 1 aliphatic rings. The van der Waals surface area contributed by atoms with Gasteiger partial charge in [-0.2, -0.15) is 0 Å². The molecular weight excluding hydrogens is 462 g/mol. The van der Waals surface area contributed by atoms with Gasteiger partial charge in [0, 0.05) is 38.6 Å². The van der Waals surface area contributed by atoms with Crippen molar-refractivity contribution in [3.05, 3.63) is 89.0 Å². The first-order chi connectivity index (χ1) is 15.9. The van der Waals surface area contributed by atoms with Gasteiger partial charge in [0.15, 0.2) is 11.6 Å². The summed E-state index contributed by atoms with van der Waals surface area (Å²) in [5.41, 5.74) is 1.53. The van der Waals surface area contributed by atoms with E-state index in [0.717, 1.165) is 4.90 Å². The third-order valence-electron chi connectivity index (χ3n) is 5.05. The van der Waals surface area contributed by atoms with Gasteiger partial charge in [-0.05, 0) is 30.3 Å². The number of sulfonamides is 1. The van der Waals surface area contributed by atoms with Gasteiger partial charge >= 0.3 is 0 Å². The molecule has 0 unspecified atom stereocenters. The summed E-state index contributed by atoms with van der Waals surface area (Å²) in [4.78, 5) is 27.5. The molecule has 0 fully saturated rings. The molecule has 0 saturated carbocycles. The molecule has 3 aromatic rings. The minimum atomic E-state index is -3.70. The summed E-state index contributed by atoms with van der Waals surface area (Å²) in [5, 5.41) is 8.67. The topological polar surface area (TPSA) is 110 Å². The van der Waals surface area contributed by atoms with Crippen LogP contribution in [0.1, 0.15) is 31.8 Å². The normalized spacial score (nSPS) is 13.0. The highest BCUT2D eigenvalue weighted by Gasteiger charge is 2.31. The van der Waals surface area contributed by atoms with Gasteiger partial charge in [-0.15, -0.1) is 0 Å². The molecule has 7 nitrogen and oxygen atoms in total. The minimum absolute atomic E-state index is 0.0899. The maximum atomic E-state index is 13.1. The predicted octanol–water partition coefficient (Wildman–Crippen LogP) is 2.90. The van der Waals surface area contributed by atoms with Crippen molar-refractivity contribution in [2.24, 2.45) is 0 Å². The number of carbonyl (C=O) groups is 2. The van der Waals surface area contributed by atoms with Gasteiger partial charge in [-0.25, -0.2) is 13.1 Å². The zero-order valence-corrected chi connectivity index (χ0v) is 19.1. The van der Waals surface area contributed by atoms with Gasteiger partial charge in [0.1, 0.15) is 0 Å². The first-order valence-corrected chi connectivity index (χ1v) is 12.5. The van der Waals surface area contributed by atoms with Crippen LogP contribution in [0.2, 0.25) is 0 Å². The number of aliphatic hydroxyl groups excluding tert-OH is 1. The van der Waals surface area contributed by atoms with Crippen LogP contribution in [0.15, 0.2) is 81.4 Å². The fraction of sp³-hybridized carbons (Fsp3) is 0.167. The molecule has 4 rings (SSSR count). The Morgan fingerprint density at radius 3 is 2.18 bits per heavy atom. The largest absolute Gasteiger partial charge is 0.394 e. The zero-order valence-electron chi connectivity index (χ0n) is 17.5. The van der Waals surface area contributed by atoms with Gasteiger partial charge in [0.2, 0.25) is 10.0 Å². The van der Waals surface area contributed by atoms with E-state index in [-0.39, 0.29) is 42.8 Å². The van der Waals surface area contributed by atoms with Crippen molar-refractivity contribution in [1.82, 2.24) is 4.72 Å². The summed E-state index contributed by atoms with van der Waals surface area (Å²) >= 11 is 1.30. The summed E-state index contributed by atoms with van der Waals surface area (Å²) in [6.45, 7) is 0.272. The molecule has 0 atom stereocenters. The van der Waals surface area contributed by atoms with Crippen molar-refractivity contribution < 1.29 is 27.9 Å². The van der Waals surface area contributed by atoms with E-state index in [1.807, 2.05) is 0 Å². The van der Waals surface area contributed by atoms with E-state index in [0.29, 0.717) is 27.1 Å². The Balaban J connectivity index is 1.53. The first kappa shape index (κ1) is 23.3. The molecule has 0 aromatic heterocycles. The van der Waals surface area contributed by atoms with Crippen molar-refractivity contribution in [1.29, 1.82) is 0 Å². The SMILES string of the molecule is O=C1c2ccccc2C(=O)c2c(Sc3ccc(S(=O)(=O)NCCOCCO)cc3)cccc21. The molecule has 0 radical (unpaired) electrons. The number of ether oxygens (including phenoxy) is 1. The standard InChI is InChI=1S/C24H21NO6S2/c26-13-15-31-14-12-25-33(29,30)17-10-8-16(9-11-17)32-21-7-3-6-20-22(21)24(28)19-5-2-1-4-18(19)23(20)27/h1-11,25-26H,12-15H2. The van der Waals surface area contributed by atoms with Crippen LogP contribution in [0.4, 0.5) is 0 Å². The number of rotatable bonds is 9. The smallest absolute Gasteiger partial charge is 0.240 e. The molecule has 33 heavy (non-hydrogen) atoms. The van der Waals surface area contributed by atoms with Gasteiger partial charge in [0.05, 0.1) is 24.7 Å². The average Bonchev–Trinajstić information content (AvgIpc) is 2.82. The third kappa shape index (κ3) is 4.92. The van der Waals surface area contributed by atoms with Crippen LogP contribution >= 0.6 is 11.8 Å². The van der Waals surface area contributed by atoms with E-state index in [1.165, 1.54) is 23.9 Å². The highest BCUT2D eigenvalue weighted by atomic mass is 32.2. The van der Waals surface area contributed by atoms with E-state index in [1.54, 1.807) is 54.6 Å². The van der Waals surface area contributed by atoms with Gasteiger partial charge in [0.25, 0.3) is 0 Å². The number of aliphatic hydroxyl groups is 1. The number of nitrogens with one attached hydrogen (secondary N) is 1. The van der Waals surface area contributed by atoms with Crippen molar-refractivity contribution in [3.8, 4) is 0 Å². The van der Waals surface area contributed by atoms with E-state index in [4.69, 9.17) is 9.84 Å². The Labute approximate surface area is 195 Å². The van der Waals surface area contributed by atoms with Crippen molar-refractivity contribution in [3.63, 3.8) is 0 Å². The number of hydrogen-bond acceptors (Lipinski definition) is 7. The van der Waals surface area contributed by atoms with Crippen LogP contribution in [-0.2, 0) is 14.8 Å². The number of hydrogen-bond donors (Lipinski definition) is 2. The summed E-state index contributed by atoms with van der Waals surface area (Å²) < 4.78 is 32.3. The summed E-state index contributed by atoms with van der Waals surface area (Å²) in [6, 6.07) is 18.2. The van der Waals surface area contributed by atoms with Gasteiger partial charge in [-0.3, -0.25) is 9.59 Å². The number of carbonyl (C=O) groups excluding carboxylic acids is 2. The Morgan fingerprint density at radius 1 is 0.818 bits per heavy atom. The molecule has 0 saturated heterocycles. The average molecular weight is 484 g/mol. The highest BCUT2D eigenvalue weighted by Crippen LogP contribution is 2.37. The van der Waals surface area contributed by atoms with E-state index in [9.17, 15) is 18.0 Å². The predicted molar refractivity (Wildman–Crippen MR) is 123 cm³/mol. The maximum absolute atomic E-state index is 13.1. The molecule has 2 N–H and O–H groups in total. The van der Waals surface area contributed by atoms with Gasteiger partial charge in [-0.1, -0.05) is 48.2 Å². The first-order valence-electron chi connectivity index (χ1n) is 10.2. The second kappa shape index (κ2) is 9.98. The second-order valence-corrected chi connectivity index (χ2v) is 10.1. The molecule has 170 valence electrons. The van der Waals surface area contributed by atoms with Crippen molar-refractivity contribution >= 4 is 33.4 Å². The van der Waals surface area contributed by atoms with E-state index < -0.39 is 10.0 Å². The van der Waals surface area contributed by atoms with E-state index in [2.05, 4.69) is 4.72 Å². The number of ketones is 2. The molecule has 0 bridgehead atoms. The van der Waals surface area contributed by atoms with Gasteiger partial charge < -0.3 is 9.84 Å². The summed E-state index contributed by atoms with van der Waals surface area (Å²) in [5.74, 6) is -0.381. The lowest BCUT2D eigenvalue weighted by Gasteiger charge is -2.19. The lowest BCUT2D eigenvalue weighted by molar-refractivity contribution is 0.0961. The van der Waals surface area contributed by atoms with E-state index >= 15 is 0 Å². The summed E-state index contributed by atoms with van der Waals surface area (Å²) in [6.07, 6.45) is 0.